The zero-order valence-electron chi connectivity index (χ0n) is 12.1. The molecule has 1 aliphatic rings. The number of benzene rings is 2. The van der Waals surface area contributed by atoms with Crippen LogP contribution < -0.4 is 14.8 Å². The molecule has 5 nitrogen and oxygen atoms in total. The monoisotopic (exact) mass is 411 g/mol. The number of ether oxygens (including phenoxy) is 3. The first kappa shape index (κ1) is 15.0. The van der Waals surface area contributed by atoms with Crippen molar-refractivity contribution in [1.29, 1.82) is 0 Å². The SMILES string of the molecule is COc1ccc2c(c1OC)C(=O)O[C@@H]2Nc1ccc(I)cc1. The van der Waals surface area contributed by atoms with Gasteiger partial charge in [0.2, 0.25) is 6.23 Å². The number of carbonyl (C=O) groups is 1. The highest BCUT2D eigenvalue weighted by Gasteiger charge is 2.35. The van der Waals surface area contributed by atoms with E-state index in [4.69, 9.17) is 14.2 Å². The van der Waals surface area contributed by atoms with E-state index >= 15 is 0 Å². The number of esters is 1. The van der Waals surface area contributed by atoms with Crippen LogP contribution in [0, 0.1) is 3.57 Å². The van der Waals surface area contributed by atoms with Crippen LogP contribution in [0.4, 0.5) is 5.69 Å². The minimum atomic E-state index is -0.539. The molecule has 0 bridgehead atoms. The number of hydrogen-bond acceptors (Lipinski definition) is 5. The lowest BCUT2D eigenvalue weighted by Crippen LogP contribution is -2.10. The Morgan fingerprint density at radius 2 is 1.82 bits per heavy atom. The number of nitrogens with one attached hydrogen (secondary N) is 1. The summed E-state index contributed by atoms with van der Waals surface area (Å²) in [4.78, 5) is 12.2. The van der Waals surface area contributed by atoms with Gasteiger partial charge in [0.25, 0.3) is 0 Å². The number of cyclic esters (lactones) is 1. The summed E-state index contributed by atoms with van der Waals surface area (Å²) in [5.74, 6) is 0.485. The van der Waals surface area contributed by atoms with Gasteiger partial charge in [-0.1, -0.05) is 0 Å². The number of hydrogen-bond donors (Lipinski definition) is 1. The van der Waals surface area contributed by atoms with Crippen molar-refractivity contribution in [3.05, 3.63) is 51.1 Å². The van der Waals surface area contributed by atoms with Crippen molar-refractivity contribution in [2.24, 2.45) is 0 Å². The Hall–Kier alpha value is -1.96. The quantitative estimate of drug-likeness (QED) is 0.616. The Bertz CT molecular complexity index is 715. The summed E-state index contributed by atoms with van der Waals surface area (Å²) < 4.78 is 17.1. The average Bonchev–Trinajstić information content (AvgIpc) is 2.85. The number of rotatable bonds is 4. The van der Waals surface area contributed by atoms with Crippen LogP contribution >= 0.6 is 22.6 Å². The number of halogens is 1. The van der Waals surface area contributed by atoms with Crippen molar-refractivity contribution in [3.8, 4) is 11.5 Å². The molecule has 3 rings (SSSR count). The van der Waals surface area contributed by atoms with Gasteiger partial charge in [0.1, 0.15) is 5.56 Å². The molecule has 114 valence electrons. The largest absolute Gasteiger partial charge is 0.493 e. The van der Waals surface area contributed by atoms with Crippen LogP contribution in [0.5, 0.6) is 11.5 Å². The van der Waals surface area contributed by atoms with Crippen molar-refractivity contribution >= 4 is 34.2 Å². The van der Waals surface area contributed by atoms with Gasteiger partial charge in [0.05, 0.1) is 14.2 Å². The number of fused-ring (bicyclic) bond motifs is 1. The van der Waals surface area contributed by atoms with E-state index in [0.717, 1.165) is 14.8 Å². The van der Waals surface area contributed by atoms with Gasteiger partial charge in [-0.25, -0.2) is 4.79 Å². The minimum absolute atomic E-state index is 0.400. The van der Waals surface area contributed by atoms with Gasteiger partial charge in [-0.15, -0.1) is 0 Å². The van der Waals surface area contributed by atoms with E-state index in [1.54, 1.807) is 6.07 Å². The molecule has 0 radical (unpaired) electrons. The lowest BCUT2D eigenvalue weighted by atomic mass is 10.1. The molecule has 1 aliphatic heterocycles. The Morgan fingerprint density at radius 1 is 1.09 bits per heavy atom. The molecule has 22 heavy (non-hydrogen) atoms. The lowest BCUT2D eigenvalue weighted by molar-refractivity contribution is 0.0435. The first-order chi connectivity index (χ1) is 10.6. The molecule has 6 heteroatoms. The molecule has 0 aliphatic carbocycles. The maximum Gasteiger partial charge on any atom is 0.344 e. The molecular formula is C16H14INO4. The third kappa shape index (κ3) is 2.58. The second-order valence-corrected chi connectivity index (χ2v) is 5.95. The standard InChI is InChI=1S/C16H14INO4/c1-20-12-8-7-11-13(14(12)21-2)16(19)22-15(11)18-10-5-3-9(17)4-6-10/h3-8,15,18H,1-2H3/t15-/m0/s1. The Kier molecular flexibility index (Phi) is 4.10. The summed E-state index contributed by atoms with van der Waals surface area (Å²) in [5, 5.41) is 3.20. The summed E-state index contributed by atoms with van der Waals surface area (Å²) in [5.41, 5.74) is 2.02. The molecule has 0 spiro atoms. The van der Waals surface area contributed by atoms with Gasteiger partial charge in [0.15, 0.2) is 11.5 Å². The molecule has 0 fully saturated rings. The molecule has 0 saturated carbocycles. The lowest BCUT2D eigenvalue weighted by Gasteiger charge is -2.15. The fourth-order valence-electron chi connectivity index (χ4n) is 2.41. The van der Waals surface area contributed by atoms with E-state index in [2.05, 4.69) is 27.9 Å². The van der Waals surface area contributed by atoms with E-state index < -0.39 is 12.2 Å². The first-order valence-electron chi connectivity index (χ1n) is 6.62. The van der Waals surface area contributed by atoms with Gasteiger partial charge >= 0.3 is 5.97 Å². The van der Waals surface area contributed by atoms with E-state index in [9.17, 15) is 4.79 Å². The highest BCUT2D eigenvalue weighted by atomic mass is 127. The smallest absolute Gasteiger partial charge is 0.344 e. The first-order valence-corrected chi connectivity index (χ1v) is 7.70. The molecule has 0 amide bonds. The predicted octanol–water partition coefficient (Wildman–Crippen LogP) is 3.59. The number of anilines is 1. The van der Waals surface area contributed by atoms with E-state index in [1.165, 1.54) is 14.2 Å². The molecule has 1 heterocycles. The minimum Gasteiger partial charge on any atom is -0.493 e. The van der Waals surface area contributed by atoms with Gasteiger partial charge in [0, 0.05) is 14.8 Å². The second kappa shape index (κ2) is 6.04. The summed E-state index contributed by atoms with van der Waals surface area (Å²) in [6, 6.07) is 11.4. The van der Waals surface area contributed by atoms with Crippen molar-refractivity contribution in [2.45, 2.75) is 6.23 Å². The van der Waals surface area contributed by atoms with Gasteiger partial charge in [-0.3, -0.25) is 0 Å². The second-order valence-electron chi connectivity index (χ2n) is 4.70. The van der Waals surface area contributed by atoms with E-state index in [-0.39, 0.29) is 0 Å². The van der Waals surface area contributed by atoms with Crippen molar-refractivity contribution in [3.63, 3.8) is 0 Å². The highest BCUT2D eigenvalue weighted by Crippen LogP contribution is 2.41. The van der Waals surface area contributed by atoms with Crippen LogP contribution in [0.1, 0.15) is 22.1 Å². The van der Waals surface area contributed by atoms with Crippen LogP contribution in [0.15, 0.2) is 36.4 Å². The summed E-state index contributed by atoms with van der Waals surface area (Å²) >= 11 is 2.24. The zero-order chi connectivity index (χ0) is 15.7. The summed E-state index contributed by atoms with van der Waals surface area (Å²) in [6.07, 6.45) is -0.539. The normalized spacial score (nSPS) is 16.0. The number of carbonyl (C=O) groups excluding carboxylic acids is 1. The van der Waals surface area contributed by atoms with Gasteiger partial charge in [-0.2, -0.15) is 0 Å². The van der Waals surface area contributed by atoms with Gasteiger partial charge < -0.3 is 19.5 Å². The Balaban J connectivity index is 1.96. The maximum absolute atomic E-state index is 12.2. The van der Waals surface area contributed by atoms with Crippen LogP contribution in [0.25, 0.3) is 0 Å². The Morgan fingerprint density at radius 3 is 2.45 bits per heavy atom. The summed E-state index contributed by atoms with van der Waals surface area (Å²) in [7, 11) is 3.04. The molecule has 0 saturated heterocycles. The molecule has 2 aromatic carbocycles. The molecular weight excluding hydrogens is 397 g/mol. The topological polar surface area (TPSA) is 56.8 Å². The van der Waals surface area contributed by atoms with Gasteiger partial charge in [-0.05, 0) is 59.0 Å². The predicted molar refractivity (Wildman–Crippen MR) is 90.5 cm³/mol. The number of methoxy groups -OCH3 is 2. The van der Waals surface area contributed by atoms with E-state index in [0.29, 0.717) is 17.1 Å². The summed E-state index contributed by atoms with van der Waals surface area (Å²) in [6.45, 7) is 0. The van der Waals surface area contributed by atoms with E-state index in [1.807, 2.05) is 30.3 Å². The third-order valence-corrected chi connectivity index (χ3v) is 4.15. The van der Waals surface area contributed by atoms with Crippen LogP contribution in [0.3, 0.4) is 0 Å². The van der Waals surface area contributed by atoms with Crippen LogP contribution in [-0.2, 0) is 4.74 Å². The third-order valence-electron chi connectivity index (χ3n) is 3.43. The fourth-order valence-corrected chi connectivity index (χ4v) is 2.76. The van der Waals surface area contributed by atoms with Crippen molar-refractivity contribution < 1.29 is 19.0 Å². The Labute approximate surface area is 141 Å². The van der Waals surface area contributed by atoms with Crippen LogP contribution in [0.2, 0.25) is 0 Å². The average molecular weight is 411 g/mol. The van der Waals surface area contributed by atoms with Crippen molar-refractivity contribution in [1.82, 2.24) is 0 Å². The van der Waals surface area contributed by atoms with Crippen LogP contribution in [-0.4, -0.2) is 20.2 Å². The molecule has 2 aromatic rings. The molecule has 1 atom stereocenters. The molecule has 1 N–H and O–H groups in total. The molecule has 0 unspecified atom stereocenters. The maximum atomic E-state index is 12.2. The highest BCUT2D eigenvalue weighted by molar-refractivity contribution is 14.1. The molecule has 0 aromatic heterocycles. The van der Waals surface area contributed by atoms with Crippen molar-refractivity contribution in [2.75, 3.05) is 19.5 Å². The zero-order valence-corrected chi connectivity index (χ0v) is 14.2. The fraction of sp³-hybridized carbons (Fsp3) is 0.188.